The predicted molar refractivity (Wildman–Crippen MR) is 99.6 cm³/mol. The SMILES string of the molecule is CC(C)OCCCNC(=O)C(=O)Nc1c2c(nn1C(C)(C)C)CSC2. The lowest BCUT2D eigenvalue weighted by Gasteiger charge is -2.23. The molecular formula is C17H28N4O3S. The van der Waals surface area contributed by atoms with Gasteiger partial charge in [0.05, 0.1) is 17.3 Å². The van der Waals surface area contributed by atoms with Gasteiger partial charge in [0.15, 0.2) is 0 Å². The van der Waals surface area contributed by atoms with Crippen LogP contribution in [-0.2, 0) is 31.4 Å². The third-order valence-electron chi connectivity index (χ3n) is 3.68. The molecule has 140 valence electrons. The van der Waals surface area contributed by atoms with Gasteiger partial charge in [-0.2, -0.15) is 16.9 Å². The van der Waals surface area contributed by atoms with Gasteiger partial charge in [-0.3, -0.25) is 9.59 Å². The maximum absolute atomic E-state index is 12.3. The minimum absolute atomic E-state index is 0.164. The number of nitrogens with one attached hydrogen (secondary N) is 2. The summed E-state index contributed by atoms with van der Waals surface area (Å²) >= 11 is 1.76. The van der Waals surface area contributed by atoms with E-state index in [2.05, 4.69) is 15.7 Å². The van der Waals surface area contributed by atoms with E-state index in [4.69, 9.17) is 4.74 Å². The predicted octanol–water partition coefficient (Wildman–Crippen LogP) is 2.25. The minimum atomic E-state index is -0.658. The molecule has 2 heterocycles. The van der Waals surface area contributed by atoms with E-state index in [1.54, 1.807) is 16.4 Å². The molecular weight excluding hydrogens is 340 g/mol. The van der Waals surface area contributed by atoms with Gasteiger partial charge >= 0.3 is 11.8 Å². The van der Waals surface area contributed by atoms with Crippen LogP contribution < -0.4 is 10.6 Å². The Morgan fingerprint density at radius 3 is 2.64 bits per heavy atom. The van der Waals surface area contributed by atoms with Crippen LogP contribution in [0.2, 0.25) is 0 Å². The normalized spacial score (nSPS) is 13.8. The first-order valence-corrected chi connectivity index (χ1v) is 9.75. The Morgan fingerprint density at radius 2 is 2.00 bits per heavy atom. The molecule has 0 radical (unpaired) electrons. The molecule has 1 aromatic heterocycles. The van der Waals surface area contributed by atoms with Crippen LogP contribution in [0.4, 0.5) is 5.82 Å². The lowest BCUT2D eigenvalue weighted by molar-refractivity contribution is -0.136. The molecule has 8 heteroatoms. The van der Waals surface area contributed by atoms with Crippen LogP contribution in [0.15, 0.2) is 0 Å². The van der Waals surface area contributed by atoms with Crippen LogP contribution in [0.25, 0.3) is 0 Å². The highest BCUT2D eigenvalue weighted by atomic mass is 32.2. The molecule has 2 amide bonds. The smallest absolute Gasteiger partial charge is 0.314 e. The van der Waals surface area contributed by atoms with Crippen LogP contribution >= 0.6 is 11.8 Å². The van der Waals surface area contributed by atoms with Crippen molar-refractivity contribution in [2.24, 2.45) is 0 Å². The van der Waals surface area contributed by atoms with Gasteiger partial charge in [0.25, 0.3) is 0 Å². The molecule has 0 saturated heterocycles. The van der Waals surface area contributed by atoms with E-state index in [9.17, 15) is 9.59 Å². The number of hydrogen-bond acceptors (Lipinski definition) is 5. The summed E-state index contributed by atoms with van der Waals surface area (Å²) in [6, 6.07) is 0. The second kappa shape index (κ2) is 8.23. The highest BCUT2D eigenvalue weighted by molar-refractivity contribution is 7.98. The maximum Gasteiger partial charge on any atom is 0.314 e. The number of hydrogen-bond donors (Lipinski definition) is 2. The van der Waals surface area contributed by atoms with E-state index in [1.807, 2.05) is 34.6 Å². The molecule has 0 aromatic carbocycles. The van der Waals surface area contributed by atoms with E-state index in [0.717, 1.165) is 22.8 Å². The number of rotatable bonds is 6. The summed E-state index contributed by atoms with van der Waals surface area (Å²) in [5.41, 5.74) is 1.73. The first kappa shape index (κ1) is 19.8. The van der Waals surface area contributed by atoms with Crippen molar-refractivity contribution in [2.75, 3.05) is 18.5 Å². The van der Waals surface area contributed by atoms with Crippen molar-refractivity contribution in [1.82, 2.24) is 15.1 Å². The van der Waals surface area contributed by atoms with Crippen LogP contribution in [-0.4, -0.2) is 40.9 Å². The van der Waals surface area contributed by atoms with Crippen LogP contribution in [0.3, 0.4) is 0 Å². The molecule has 2 N–H and O–H groups in total. The van der Waals surface area contributed by atoms with Crippen molar-refractivity contribution in [1.29, 1.82) is 0 Å². The Kier molecular flexibility index (Phi) is 6.51. The minimum Gasteiger partial charge on any atom is -0.379 e. The van der Waals surface area contributed by atoms with Gasteiger partial charge in [-0.1, -0.05) is 0 Å². The van der Waals surface area contributed by atoms with Gasteiger partial charge in [0, 0.05) is 30.2 Å². The van der Waals surface area contributed by atoms with Crippen molar-refractivity contribution in [3.8, 4) is 0 Å². The van der Waals surface area contributed by atoms with Crippen LogP contribution in [0, 0.1) is 0 Å². The fraction of sp³-hybridized carbons (Fsp3) is 0.706. The quantitative estimate of drug-likeness (QED) is 0.594. The second-order valence-corrected chi connectivity index (χ2v) is 8.32. The first-order chi connectivity index (χ1) is 11.7. The first-order valence-electron chi connectivity index (χ1n) is 8.60. The summed E-state index contributed by atoms with van der Waals surface area (Å²) in [6.07, 6.45) is 0.833. The summed E-state index contributed by atoms with van der Waals surface area (Å²) in [6.45, 7) is 10.9. The van der Waals surface area contributed by atoms with E-state index >= 15 is 0 Å². The number of ether oxygens (including phenoxy) is 1. The fourth-order valence-electron chi connectivity index (χ4n) is 2.46. The van der Waals surface area contributed by atoms with E-state index in [1.165, 1.54) is 0 Å². The lowest BCUT2D eigenvalue weighted by Crippen LogP contribution is -2.37. The molecule has 0 bridgehead atoms. The summed E-state index contributed by atoms with van der Waals surface area (Å²) in [7, 11) is 0. The largest absolute Gasteiger partial charge is 0.379 e. The molecule has 0 saturated carbocycles. The number of aromatic nitrogens is 2. The highest BCUT2D eigenvalue weighted by Gasteiger charge is 2.29. The highest BCUT2D eigenvalue weighted by Crippen LogP contribution is 2.37. The molecule has 0 unspecified atom stereocenters. The number of fused-ring (bicyclic) bond motifs is 1. The van der Waals surface area contributed by atoms with Gasteiger partial charge in [-0.05, 0) is 41.0 Å². The molecule has 0 atom stereocenters. The number of amides is 2. The standard InChI is InChI=1S/C17H28N4O3S/c1-11(2)24-8-6-7-18-15(22)16(23)19-14-12-9-25-10-13(12)20-21(14)17(3,4)5/h11H,6-10H2,1-5H3,(H,18,22)(H,19,23). The van der Waals surface area contributed by atoms with Gasteiger partial charge in [0.2, 0.25) is 0 Å². The second-order valence-electron chi connectivity index (χ2n) is 7.33. The Bertz CT molecular complexity index is 635. The molecule has 0 aliphatic carbocycles. The number of carbonyl (C=O) groups excluding carboxylic acids is 2. The van der Waals surface area contributed by atoms with Gasteiger partial charge in [-0.25, -0.2) is 4.68 Å². The number of carbonyl (C=O) groups is 2. The third kappa shape index (κ3) is 5.22. The molecule has 0 fully saturated rings. The molecule has 25 heavy (non-hydrogen) atoms. The van der Waals surface area contributed by atoms with Gasteiger partial charge in [0.1, 0.15) is 5.82 Å². The van der Waals surface area contributed by atoms with Crippen molar-refractivity contribution in [3.63, 3.8) is 0 Å². The molecule has 1 aromatic rings. The van der Waals surface area contributed by atoms with Crippen molar-refractivity contribution in [3.05, 3.63) is 11.3 Å². The zero-order valence-electron chi connectivity index (χ0n) is 15.6. The Balaban J connectivity index is 1.95. The monoisotopic (exact) mass is 368 g/mol. The fourth-order valence-corrected chi connectivity index (χ4v) is 3.50. The lowest BCUT2D eigenvalue weighted by atomic mass is 10.1. The summed E-state index contributed by atoms with van der Waals surface area (Å²) in [5.74, 6) is 0.981. The molecule has 2 rings (SSSR count). The van der Waals surface area contributed by atoms with E-state index < -0.39 is 11.8 Å². The Morgan fingerprint density at radius 1 is 1.28 bits per heavy atom. The molecule has 1 aliphatic rings. The Labute approximate surface area is 153 Å². The van der Waals surface area contributed by atoms with Gasteiger partial charge in [-0.15, -0.1) is 0 Å². The summed E-state index contributed by atoms with van der Waals surface area (Å²) in [5, 5.41) is 10.0. The molecule has 1 aliphatic heterocycles. The van der Waals surface area contributed by atoms with Crippen LogP contribution in [0.1, 0.15) is 52.3 Å². The topological polar surface area (TPSA) is 85.2 Å². The number of anilines is 1. The zero-order chi connectivity index (χ0) is 18.6. The number of nitrogens with zero attached hydrogens (tertiary/aromatic N) is 2. The zero-order valence-corrected chi connectivity index (χ0v) is 16.5. The van der Waals surface area contributed by atoms with E-state index in [0.29, 0.717) is 25.4 Å². The Hall–Kier alpha value is -1.54. The van der Waals surface area contributed by atoms with Crippen molar-refractivity contribution < 1.29 is 14.3 Å². The maximum atomic E-state index is 12.3. The number of thioether (sulfide) groups is 1. The molecule has 0 spiro atoms. The van der Waals surface area contributed by atoms with Crippen molar-refractivity contribution >= 4 is 29.4 Å². The summed E-state index contributed by atoms with van der Waals surface area (Å²) < 4.78 is 7.21. The third-order valence-corrected chi connectivity index (χ3v) is 4.65. The van der Waals surface area contributed by atoms with Crippen molar-refractivity contribution in [2.45, 2.75) is 64.2 Å². The van der Waals surface area contributed by atoms with Crippen LogP contribution in [0.5, 0.6) is 0 Å². The summed E-state index contributed by atoms with van der Waals surface area (Å²) in [4.78, 5) is 24.3. The van der Waals surface area contributed by atoms with E-state index in [-0.39, 0.29) is 11.6 Å². The molecule has 7 nitrogen and oxygen atoms in total. The average Bonchev–Trinajstić information content (AvgIpc) is 3.08. The van der Waals surface area contributed by atoms with Gasteiger partial charge < -0.3 is 15.4 Å². The average molecular weight is 369 g/mol.